The van der Waals surface area contributed by atoms with Gasteiger partial charge >= 0.3 is 6.61 Å². The largest absolute Gasteiger partial charge is 0.417 e. The number of ether oxygens (including phenoxy) is 1. The number of anilines is 2. The molecule has 1 atom stereocenters. The van der Waals surface area contributed by atoms with Gasteiger partial charge in [0, 0.05) is 12.3 Å². The lowest BCUT2D eigenvalue weighted by Gasteiger charge is -2.11. The fourth-order valence-corrected chi connectivity index (χ4v) is 2.48. The van der Waals surface area contributed by atoms with Crippen LogP contribution in [0.2, 0.25) is 0 Å². The molecule has 10 nitrogen and oxygen atoms in total. The number of aromatic nitrogens is 8. The monoisotopic (exact) mass is 373 g/mol. The normalized spacial score (nSPS) is 12.4. The molecular weight excluding hydrogens is 360 g/mol. The van der Waals surface area contributed by atoms with E-state index in [-0.39, 0.29) is 17.7 Å². The molecule has 0 radical (unpaired) electrons. The van der Waals surface area contributed by atoms with E-state index in [0.29, 0.717) is 17.0 Å². The maximum absolute atomic E-state index is 12.2. The summed E-state index contributed by atoms with van der Waals surface area (Å²) in [5, 5.41) is 21.4. The smallest absolute Gasteiger partial charge is 0.388 e. The van der Waals surface area contributed by atoms with Gasteiger partial charge in [0.15, 0.2) is 17.3 Å². The van der Waals surface area contributed by atoms with Crippen LogP contribution in [0.25, 0.3) is 11.2 Å². The first-order valence-corrected chi connectivity index (χ1v) is 7.85. The molecule has 0 fully saturated rings. The van der Waals surface area contributed by atoms with Gasteiger partial charge in [-0.05, 0) is 19.1 Å². The van der Waals surface area contributed by atoms with E-state index in [1.807, 2.05) is 13.0 Å². The van der Waals surface area contributed by atoms with Gasteiger partial charge in [-0.25, -0.2) is 19.7 Å². The highest BCUT2D eigenvalue weighted by atomic mass is 19.3. The van der Waals surface area contributed by atoms with Gasteiger partial charge in [-0.15, -0.1) is 0 Å². The fourth-order valence-electron chi connectivity index (χ4n) is 2.48. The summed E-state index contributed by atoms with van der Waals surface area (Å²) in [5.74, 6) is 0.459. The van der Waals surface area contributed by atoms with Crippen molar-refractivity contribution in [3.05, 3.63) is 42.5 Å². The zero-order valence-electron chi connectivity index (χ0n) is 13.9. The Kier molecular flexibility index (Phi) is 4.28. The molecule has 1 unspecified atom stereocenters. The molecule has 0 aliphatic heterocycles. The number of fused-ring (bicyclic) bond motifs is 1. The predicted octanol–water partition coefficient (Wildman–Crippen LogP) is 2.29. The van der Waals surface area contributed by atoms with E-state index in [9.17, 15) is 8.78 Å². The molecule has 0 aliphatic rings. The second kappa shape index (κ2) is 6.90. The van der Waals surface area contributed by atoms with Crippen molar-refractivity contribution in [2.75, 3.05) is 5.32 Å². The molecule has 0 saturated heterocycles. The first-order valence-electron chi connectivity index (χ1n) is 7.85. The molecule has 2 N–H and O–H groups in total. The minimum atomic E-state index is -2.94. The van der Waals surface area contributed by atoms with E-state index in [2.05, 4.69) is 45.5 Å². The van der Waals surface area contributed by atoms with Crippen LogP contribution in [0, 0.1) is 0 Å². The van der Waals surface area contributed by atoms with Gasteiger partial charge in [-0.2, -0.15) is 29.2 Å². The quantitative estimate of drug-likeness (QED) is 0.528. The summed E-state index contributed by atoms with van der Waals surface area (Å²) in [7, 11) is 0. The second-order valence-corrected chi connectivity index (χ2v) is 5.50. The van der Waals surface area contributed by atoms with E-state index in [0.717, 1.165) is 5.69 Å². The van der Waals surface area contributed by atoms with E-state index < -0.39 is 6.61 Å². The van der Waals surface area contributed by atoms with Crippen LogP contribution in [0.1, 0.15) is 18.7 Å². The topological polar surface area (TPSA) is 119 Å². The number of H-pyrrole nitrogens is 1. The van der Waals surface area contributed by atoms with E-state index in [1.165, 1.54) is 12.3 Å². The number of aromatic amines is 1. The summed E-state index contributed by atoms with van der Waals surface area (Å²) in [6.45, 7) is -1.02. The lowest BCUT2D eigenvalue weighted by Crippen LogP contribution is -2.11. The second-order valence-electron chi connectivity index (χ2n) is 5.50. The number of rotatable bonds is 6. The van der Waals surface area contributed by atoms with E-state index in [4.69, 9.17) is 0 Å². The number of hydrogen-bond donors (Lipinski definition) is 2. The number of halogens is 2. The number of nitrogens with one attached hydrogen (secondary N) is 2. The maximum atomic E-state index is 12.2. The standard InChI is InChI=1S/C15H13F2N9O/c1-8(9-3-2-4-19-23-9)26-14-10(6-20-26)18-7-12(22-14)21-11-5-13(25-24-11)27-15(16)17/h2-8,15H,1H3,(H2,21,22,24,25). The number of nitrogens with zero attached hydrogens (tertiary/aromatic N) is 7. The Hall–Kier alpha value is -3.70. The average Bonchev–Trinajstić information content (AvgIpc) is 3.28. The number of hydrogen-bond acceptors (Lipinski definition) is 8. The third-order valence-corrected chi connectivity index (χ3v) is 3.72. The van der Waals surface area contributed by atoms with E-state index in [1.54, 1.807) is 23.1 Å². The Morgan fingerprint density at radius 1 is 1.26 bits per heavy atom. The van der Waals surface area contributed by atoms with Crippen LogP contribution in [0.4, 0.5) is 20.4 Å². The molecule has 0 saturated carbocycles. The molecule has 4 aromatic heterocycles. The summed E-state index contributed by atoms with van der Waals surface area (Å²) in [4.78, 5) is 8.78. The summed E-state index contributed by atoms with van der Waals surface area (Å²) in [6.07, 6.45) is 4.68. The Bertz CT molecular complexity index is 1050. The van der Waals surface area contributed by atoms with E-state index >= 15 is 0 Å². The molecule has 4 rings (SSSR count). The van der Waals surface area contributed by atoms with Crippen LogP contribution in [-0.4, -0.2) is 46.8 Å². The van der Waals surface area contributed by atoms with Crippen LogP contribution < -0.4 is 10.1 Å². The zero-order chi connectivity index (χ0) is 18.8. The first-order chi connectivity index (χ1) is 13.1. The molecule has 0 aromatic carbocycles. The van der Waals surface area contributed by atoms with Crippen molar-refractivity contribution in [2.45, 2.75) is 19.6 Å². The van der Waals surface area contributed by atoms with Crippen LogP contribution in [0.3, 0.4) is 0 Å². The predicted molar refractivity (Wildman–Crippen MR) is 89.7 cm³/mol. The summed E-state index contributed by atoms with van der Waals surface area (Å²) < 4.78 is 30.4. The molecule has 4 heterocycles. The highest BCUT2D eigenvalue weighted by Gasteiger charge is 2.16. The third-order valence-electron chi connectivity index (χ3n) is 3.72. The van der Waals surface area contributed by atoms with Crippen LogP contribution in [0.5, 0.6) is 5.88 Å². The number of alkyl halides is 2. The molecular formula is C15H13F2N9O. The first kappa shape index (κ1) is 16.8. The Morgan fingerprint density at radius 3 is 2.93 bits per heavy atom. The Labute approximate surface area is 150 Å². The van der Waals surface area contributed by atoms with Gasteiger partial charge in [0.05, 0.1) is 24.1 Å². The van der Waals surface area contributed by atoms with Gasteiger partial charge in [0.2, 0.25) is 5.88 Å². The Balaban J connectivity index is 1.61. The molecule has 12 heteroatoms. The Morgan fingerprint density at radius 2 is 2.15 bits per heavy atom. The lowest BCUT2D eigenvalue weighted by molar-refractivity contribution is -0.0528. The van der Waals surface area contributed by atoms with Gasteiger partial charge < -0.3 is 10.1 Å². The van der Waals surface area contributed by atoms with Crippen molar-refractivity contribution in [1.29, 1.82) is 0 Å². The van der Waals surface area contributed by atoms with Crippen molar-refractivity contribution in [1.82, 2.24) is 40.1 Å². The van der Waals surface area contributed by atoms with Crippen molar-refractivity contribution >= 4 is 22.8 Å². The molecule has 0 bridgehead atoms. The lowest BCUT2D eigenvalue weighted by atomic mass is 10.2. The third kappa shape index (κ3) is 3.49. The fraction of sp³-hybridized carbons (Fsp3) is 0.200. The van der Waals surface area contributed by atoms with Crippen LogP contribution >= 0.6 is 0 Å². The molecule has 138 valence electrons. The summed E-state index contributed by atoms with van der Waals surface area (Å²) in [5.41, 5.74) is 1.85. The van der Waals surface area contributed by atoms with Gasteiger partial charge in [-0.1, -0.05) is 0 Å². The maximum Gasteiger partial charge on any atom is 0.388 e. The molecule has 0 amide bonds. The zero-order valence-corrected chi connectivity index (χ0v) is 13.9. The minimum Gasteiger partial charge on any atom is -0.417 e. The van der Waals surface area contributed by atoms with Gasteiger partial charge in [0.1, 0.15) is 5.52 Å². The SMILES string of the molecule is CC(c1cccnn1)n1ncc2ncc(Nc3cc(OC(F)F)[nH]n3)nc21. The van der Waals surface area contributed by atoms with Crippen molar-refractivity contribution in [2.24, 2.45) is 0 Å². The van der Waals surface area contributed by atoms with Gasteiger partial charge in [0.25, 0.3) is 0 Å². The van der Waals surface area contributed by atoms with Crippen molar-refractivity contribution in [3.63, 3.8) is 0 Å². The van der Waals surface area contributed by atoms with Gasteiger partial charge in [-0.3, -0.25) is 0 Å². The van der Waals surface area contributed by atoms with Crippen molar-refractivity contribution < 1.29 is 13.5 Å². The molecule has 27 heavy (non-hydrogen) atoms. The molecule has 4 aromatic rings. The van der Waals surface area contributed by atoms with Crippen molar-refractivity contribution in [3.8, 4) is 5.88 Å². The summed E-state index contributed by atoms with van der Waals surface area (Å²) in [6, 6.07) is 4.71. The van der Waals surface area contributed by atoms with Crippen LogP contribution in [-0.2, 0) is 0 Å². The highest BCUT2D eigenvalue weighted by molar-refractivity contribution is 5.72. The minimum absolute atomic E-state index is 0.164. The molecule has 0 spiro atoms. The molecule has 0 aliphatic carbocycles. The highest BCUT2D eigenvalue weighted by Crippen LogP contribution is 2.22. The summed E-state index contributed by atoms with van der Waals surface area (Å²) >= 11 is 0. The van der Waals surface area contributed by atoms with Crippen LogP contribution in [0.15, 0.2) is 36.8 Å². The average molecular weight is 373 g/mol.